The van der Waals surface area contributed by atoms with Gasteiger partial charge in [-0.1, -0.05) is 0 Å². The van der Waals surface area contributed by atoms with E-state index in [4.69, 9.17) is 5.73 Å². The number of carbonyl (C=O) groups is 1. The number of rotatable bonds is 3. The molecule has 3 atom stereocenters. The highest BCUT2D eigenvalue weighted by atomic mass is 35.5. The number of amides is 1. The van der Waals surface area contributed by atoms with Crippen molar-refractivity contribution in [2.75, 3.05) is 0 Å². The van der Waals surface area contributed by atoms with Gasteiger partial charge in [-0.25, -0.2) is 4.98 Å². The first kappa shape index (κ1) is 20.7. The van der Waals surface area contributed by atoms with Crippen LogP contribution in [-0.4, -0.2) is 33.1 Å². The zero-order valence-electron chi connectivity index (χ0n) is 13.7. The van der Waals surface area contributed by atoms with E-state index in [-0.39, 0.29) is 42.7 Å². The molecule has 5 N–H and O–H groups in total. The van der Waals surface area contributed by atoms with Crippen LogP contribution in [0.5, 0.6) is 0 Å². The quantitative estimate of drug-likeness (QED) is 0.656. The fraction of sp³-hybridized carbons (Fsp3) is 0.500. The Balaban J connectivity index is 0.00000144. The summed E-state index contributed by atoms with van der Waals surface area (Å²) in [6, 6.07) is 3.81. The van der Waals surface area contributed by atoms with E-state index in [1.54, 1.807) is 0 Å². The summed E-state index contributed by atoms with van der Waals surface area (Å²) in [5, 5.41) is 12.5. The molecular weight excluding hydrogens is 351 g/mol. The molecule has 2 aromatic rings. The van der Waals surface area contributed by atoms with Crippen molar-refractivity contribution >= 4 is 41.8 Å². The minimum absolute atomic E-state index is 0. The molecule has 1 fully saturated rings. The molecule has 8 heteroatoms. The molecule has 1 aliphatic carbocycles. The largest absolute Gasteiger partial charge is 0.391 e. The number of nitrogens with one attached hydrogen (secondary N) is 2. The van der Waals surface area contributed by atoms with Crippen LogP contribution in [0.4, 0.5) is 0 Å². The predicted molar refractivity (Wildman–Crippen MR) is 98.6 cm³/mol. The number of carbonyl (C=O) groups excluding carboxylic acids is 1. The fourth-order valence-electron chi connectivity index (χ4n) is 2.98. The van der Waals surface area contributed by atoms with Crippen LogP contribution < -0.4 is 11.1 Å². The maximum atomic E-state index is 12.1. The molecule has 134 valence electrons. The molecule has 3 rings (SSSR count). The molecule has 0 spiro atoms. The van der Waals surface area contributed by atoms with Gasteiger partial charge in [0.05, 0.1) is 23.7 Å². The Hall–Kier alpha value is -1.34. The molecule has 6 nitrogen and oxygen atoms in total. The van der Waals surface area contributed by atoms with Crippen LogP contribution in [0.1, 0.15) is 29.8 Å². The van der Waals surface area contributed by atoms with Crippen molar-refractivity contribution in [1.29, 1.82) is 0 Å². The van der Waals surface area contributed by atoms with E-state index in [9.17, 15) is 9.90 Å². The molecule has 1 aliphatic rings. The number of fused-ring (bicyclic) bond motifs is 1. The molecule has 0 saturated heterocycles. The second-order valence-corrected chi connectivity index (χ2v) is 6.25. The number of aromatic amines is 1. The highest BCUT2D eigenvalue weighted by Gasteiger charge is 2.34. The van der Waals surface area contributed by atoms with Crippen LogP contribution in [-0.2, 0) is 11.3 Å². The molecule has 1 amide bonds. The molecule has 0 bridgehead atoms. The number of imidazole rings is 1. The number of hydrogen-bond acceptors (Lipinski definition) is 4. The van der Waals surface area contributed by atoms with Gasteiger partial charge < -0.3 is 21.1 Å². The average molecular weight is 375 g/mol. The minimum atomic E-state index is -0.576. The van der Waals surface area contributed by atoms with Gasteiger partial charge in [-0.15, -0.1) is 24.8 Å². The highest BCUT2D eigenvalue weighted by molar-refractivity contribution is 5.85. The third kappa shape index (κ3) is 4.19. The van der Waals surface area contributed by atoms with Crippen molar-refractivity contribution in [3.05, 3.63) is 29.1 Å². The summed E-state index contributed by atoms with van der Waals surface area (Å²) >= 11 is 0. The van der Waals surface area contributed by atoms with Crippen LogP contribution in [0, 0.1) is 19.8 Å². The number of hydrogen-bond donors (Lipinski definition) is 4. The summed E-state index contributed by atoms with van der Waals surface area (Å²) in [7, 11) is 0. The van der Waals surface area contributed by atoms with Gasteiger partial charge in [-0.2, -0.15) is 0 Å². The van der Waals surface area contributed by atoms with Gasteiger partial charge in [-0.3, -0.25) is 4.79 Å². The second-order valence-electron chi connectivity index (χ2n) is 6.25. The lowest BCUT2D eigenvalue weighted by atomic mass is 10.1. The van der Waals surface area contributed by atoms with Gasteiger partial charge in [-0.05, 0) is 49.9 Å². The number of aromatic nitrogens is 2. The zero-order valence-corrected chi connectivity index (χ0v) is 15.3. The van der Waals surface area contributed by atoms with E-state index in [1.807, 2.05) is 6.07 Å². The maximum absolute atomic E-state index is 12.1. The number of benzene rings is 1. The lowest BCUT2D eigenvalue weighted by Gasteiger charge is -2.09. The summed E-state index contributed by atoms with van der Waals surface area (Å²) in [4.78, 5) is 19.8. The van der Waals surface area contributed by atoms with Crippen molar-refractivity contribution in [3.8, 4) is 0 Å². The van der Waals surface area contributed by atoms with Gasteiger partial charge in [0.1, 0.15) is 5.82 Å². The fourth-order valence-corrected chi connectivity index (χ4v) is 2.98. The van der Waals surface area contributed by atoms with Crippen LogP contribution in [0.15, 0.2) is 12.1 Å². The molecule has 1 aromatic heterocycles. The van der Waals surface area contributed by atoms with E-state index in [2.05, 4.69) is 35.2 Å². The number of nitrogens with zero attached hydrogens (tertiary/aromatic N) is 1. The third-order valence-electron chi connectivity index (χ3n) is 4.52. The van der Waals surface area contributed by atoms with Gasteiger partial charge >= 0.3 is 0 Å². The van der Waals surface area contributed by atoms with Crippen molar-refractivity contribution in [1.82, 2.24) is 15.3 Å². The number of aliphatic hydroxyl groups excluding tert-OH is 1. The number of H-pyrrole nitrogens is 1. The van der Waals surface area contributed by atoms with Crippen LogP contribution >= 0.6 is 24.8 Å². The topological polar surface area (TPSA) is 104 Å². The Morgan fingerprint density at radius 2 is 2.00 bits per heavy atom. The lowest BCUT2D eigenvalue weighted by Crippen LogP contribution is -2.30. The van der Waals surface area contributed by atoms with Gasteiger partial charge in [0.25, 0.3) is 0 Å². The Morgan fingerprint density at radius 3 is 2.62 bits per heavy atom. The summed E-state index contributed by atoms with van der Waals surface area (Å²) < 4.78 is 0. The summed E-state index contributed by atoms with van der Waals surface area (Å²) in [5.41, 5.74) is 10.0. The van der Waals surface area contributed by atoms with Crippen LogP contribution in [0.2, 0.25) is 0 Å². The molecule has 24 heavy (non-hydrogen) atoms. The summed E-state index contributed by atoms with van der Waals surface area (Å²) in [6.07, 6.45) is 0.393. The Kier molecular flexibility index (Phi) is 7.04. The predicted octanol–water partition coefficient (Wildman–Crippen LogP) is 1.74. The molecule has 0 radical (unpaired) electrons. The maximum Gasteiger partial charge on any atom is 0.223 e. The van der Waals surface area contributed by atoms with E-state index in [1.165, 1.54) is 11.1 Å². The van der Waals surface area contributed by atoms with E-state index in [0.717, 1.165) is 16.9 Å². The molecule has 0 aliphatic heterocycles. The smallest absolute Gasteiger partial charge is 0.223 e. The van der Waals surface area contributed by atoms with Crippen LogP contribution in [0.25, 0.3) is 11.0 Å². The van der Waals surface area contributed by atoms with Crippen molar-refractivity contribution in [3.63, 3.8) is 0 Å². The molecular formula is C16H24Cl2N4O2. The number of halogens is 2. The van der Waals surface area contributed by atoms with Crippen molar-refractivity contribution < 1.29 is 9.90 Å². The first-order valence-corrected chi connectivity index (χ1v) is 7.61. The van der Waals surface area contributed by atoms with Gasteiger partial charge in [0.2, 0.25) is 5.91 Å². The minimum Gasteiger partial charge on any atom is -0.391 e. The van der Waals surface area contributed by atoms with Crippen molar-refractivity contribution in [2.24, 2.45) is 11.7 Å². The molecule has 0 unspecified atom stereocenters. The van der Waals surface area contributed by atoms with Crippen LogP contribution in [0.3, 0.4) is 0 Å². The summed E-state index contributed by atoms with van der Waals surface area (Å²) in [6.45, 7) is 4.47. The monoisotopic (exact) mass is 374 g/mol. The molecule has 1 aromatic carbocycles. The standard InChI is InChI=1S/C16H22N4O2.2ClH/c1-8-3-12-13(4-9(8)2)20-15(19-12)7-18-16(22)10-5-11(17)14(21)6-10;;/h3-4,10-11,14,21H,5-7,17H2,1-2H3,(H,18,22)(H,19,20);2*1H/t10-,11-,14-;;/m0../s1. The van der Waals surface area contributed by atoms with E-state index >= 15 is 0 Å². The third-order valence-corrected chi connectivity index (χ3v) is 4.52. The molecule has 1 heterocycles. The first-order chi connectivity index (χ1) is 10.4. The zero-order chi connectivity index (χ0) is 15.9. The Bertz CT molecular complexity index is 670. The van der Waals surface area contributed by atoms with Gasteiger partial charge in [0.15, 0.2) is 0 Å². The first-order valence-electron chi connectivity index (χ1n) is 7.61. The Morgan fingerprint density at radius 1 is 1.33 bits per heavy atom. The average Bonchev–Trinajstić information content (AvgIpc) is 3.00. The number of aryl methyl sites for hydroxylation is 2. The number of nitrogens with two attached hydrogens (primary N) is 1. The SMILES string of the molecule is Cc1cc2nc(CNC(=O)[C@H]3C[C@H](N)[C@@H](O)C3)[nH]c2cc1C.Cl.Cl. The highest BCUT2D eigenvalue weighted by Crippen LogP contribution is 2.25. The van der Waals surface area contributed by atoms with E-state index < -0.39 is 6.10 Å². The van der Waals surface area contributed by atoms with Crippen molar-refractivity contribution in [2.45, 2.75) is 45.4 Å². The molecule has 1 saturated carbocycles. The normalized spacial score (nSPS) is 22.8. The number of aliphatic hydroxyl groups is 1. The second kappa shape index (κ2) is 8.16. The Labute approximate surface area is 153 Å². The summed E-state index contributed by atoms with van der Waals surface area (Å²) in [5.74, 6) is 0.454. The van der Waals surface area contributed by atoms with Gasteiger partial charge in [0, 0.05) is 12.0 Å². The van der Waals surface area contributed by atoms with E-state index in [0.29, 0.717) is 19.4 Å². The lowest BCUT2D eigenvalue weighted by molar-refractivity contribution is -0.125.